The zero-order valence-corrected chi connectivity index (χ0v) is 8.83. The van der Waals surface area contributed by atoms with Crippen molar-refractivity contribution in [2.75, 3.05) is 11.9 Å². The predicted octanol–water partition coefficient (Wildman–Crippen LogP) is 0.846. The third-order valence-electron chi connectivity index (χ3n) is 2.12. The van der Waals surface area contributed by atoms with E-state index < -0.39 is 0 Å². The van der Waals surface area contributed by atoms with E-state index in [0.29, 0.717) is 0 Å². The Morgan fingerprint density at radius 2 is 2.20 bits per heavy atom. The summed E-state index contributed by atoms with van der Waals surface area (Å²) in [6, 6.07) is 0. The highest BCUT2D eigenvalue weighted by molar-refractivity contribution is 5.34. The summed E-state index contributed by atoms with van der Waals surface area (Å²) in [5.41, 5.74) is 1.16. The van der Waals surface area contributed by atoms with E-state index in [1.54, 1.807) is 23.3 Å². The Balaban J connectivity index is 2.07. The molecule has 0 aliphatic carbocycles. The van der Waals surface area contributed by atoms with E-state index in [1.165, 1.54) is 0 Å². The van der Waals surface area contributed by atoms with Crippen LogP contribution in [0, 0.1) is 0 Å². The number of rotatable bonds is 3. The van der Waals surface area contributed by atoms with Crippen molar-refractivity contribution in [3.8, 4) is 0 Å². The standard InChI is InChI=1S/C10H13N5/c1-14(10-6-11-3-4-12-10)7-9-5-13-15(2)8-9/h3-6,8H,7H2,1-2H3. The maximum Gasteiger partial charge on any atom is 0.147 e. The second-order valence-corrected chi connectivity index (χ2v) is 3.44. The highest BCUT2D eigenvalue weighted by Gasteiger charge is 2.04. The van der Waals surface area contributed by atoms with Gasteiger partial charge in [0, 0.05) is 44.8 Å². The minimum Gasteiger partial charge on any atom is -0.354 e. The molecular weight excluding hydrogens is 190 g/mol. The molecule has 5 heteroatoms. The van der Waals surface area contributed by atoms with Gasteiger partial charge in [0.25, 0.3) is 0 Å². The van der Waals surface area contributed by atoms with Gasteiger partial charge < -0.3 is 4.90 Å². The van der Waals surface area contributed by atoms with Crippen LogP contribution < -0.4 is 4.90 Å². The maximum absolute atomic E-state index is 4.22. The van der Waals surface area contributed by atoms with Gasteiger partial charge in [0.15, 0.2) is 0 Å². The molecule has 0 radical (unpaired) electrons. The molecule has 2 aromatic rings. The van der Waals surface area contributed by atoms with E-state index in [9.17, 15) is 0 Å². The van der Waals surface area contributed by atoms with Gasteiger partial charge >= 0.3 is 0 Å². The molecule has 0 aliphatic rings. The normalized spacial score (nSPS) is 10.3. The van der Waals surface area contributed by atoms with Crippen molar-refractivity contribution >= 4 is 5.82 Å². The molecule has 15 heavy (non-hydrogen) atoms. The Kier molecular flexibility index (Phi) is 2.62. The number of anilines is 1. The monoisotopic (exact) mass is 203 g/mol. The lowest BCUT2D eigenvalue weighted by Crippen LogP contribution is -2.17. The van der Waals surface area contributed by atoms with Crippen LogP contribution in [0.15, 0.2) is 31.0 Å². The Morgan fingerprint density at radius 3 is 2.80 bits per heavy atom. The summed E-state index contributed by atoms with van der Waals surface area (Å²) >= 11 is 0. The van der Waals surface area contributed by atoms with Crippen molar-refractivity contribution in [3.63, 3.8) is 0 Å². The topological polar surface area (TPSA) is 46.8 Å². The van der Waals surface area contributed by atoms with Crippen LogP contribution >= 0.6 is 0 Å². The molecule has 2 rings (SSSR count). The zero-order valence-electron chi connectivity index (χ0n) is 8.83. The summed E-state index contributed by atoms with van der Waals surface area (Å²) in [7, 11) is 3.89. The van der Waals surface area contributed by atoms with E-state index in [0.717, 1.165) is 17.9 Å². The third kappa shape index (κ3) is 2.31. The van der Waals surface area contributed by atoms with E-state index in [2.05, 4.69) is 15.1 Å². The summed E-state index contributed by atoms with van der Waals surface area (Å²) < 4.78 is 1.79. The second-order valence-electron chi connectivity index (χ2n) is 3.44. The van der Waals surface area contributed by atoms with E-state index in [4.69, 9.17) is 0 Å². The summed E-state index contributed by atoms with van der Waals surface area (Å²) in [6.45, 7) is 0.784. The number of hydrogen-bond donors (Lipinski definition) is 0. The average molecular weight is 203 g/mol. The molecule has 2 heterocycles. The van der Waals surface area contributed by atoms with Crippen molar-refractivity contribution in [3.05, 3.63) is 36.5 Å². The van der Waals surface area contributed by atoms with Crippen LogP contribution in [0.25, 0.3) is 0 Å². The molecule has 0 saturated carbocycles. The van der Waals surface area contributed by atoms with Gasteiger partial charge in [0.1, 0.15) is 5.82 Å². The molecule has 0 aromatic carbocycles. The molecule has 0 bridgehead atoms. The largest absolute Gasteiger partial charge is 0.354 e. The Bertz CT molecular complexity index is 422. The van der Waals surface area contributed by atoms with Crippen LogP contribution in [0.2, 0.25) is 0 Å². The van der Waals surface area contributed by atoms with Gasteiger partial charge in [-0.3, -0.25) is 9.67 Å². The fraction of sp³-hybridized carbons (Fsp3) is 0.300. The second kappa shape index (κ2) is 4.08. The fourth-order valence-corrected chi connectivity index (χ4v) is 1.40. The van der Waals surface area contributed by atoms with Crippen LogP contribution in [0.5, 0.6) is 0 Å². The highest BCUT2D eigenvalue weighted by Crippen LogP contribution is 2.09. The Morgan fingerprint density at radius 1 is 1.33 bits per heavy atom. The third-order valence-corrected chi connectivity index (χ3v) is 2.12. The number of hydrogen-bond acceptors (Lipinski definition) is 4. The van der Waals surface area contributed by atoms with Crippen LogP contribution in [-0.2, 0) is 13.6 Å². The van der Waals surface area contributed by atoms with Gasteiger partial charge in [-0.2, -0.15) is 5.10 Å². The van der Waals surface area contributed by atoms with Gasteiger partial charge in [-0.25, -0.2) is 4.98 Å². The predicted molar refractivity (Wildman–Crippen MR) is 57.3 cm³/mol. The minimum absolute atomic E-state index is 0.784. The number of nitrogens with zero attached hydrogens (tertiary/aromatic N) is 5. The molecular formula is C10H13N5. The lowest BCUT2D eigenvalue weighted by molar-refractivity contribution is 0.766. The van der Waals surface area contributed by atoms with Gasteiger partial charge in [-0.15, -0.1) is 0 Å². The van der Waals surface area contributed by atoms with Gasteiger partial charge in [-0.1, -0.05) is 0 Å². The molecule has 0 amide bonds. The van der Waals surface area contributed by atoms with Crippen LogP contribution in [0.3, 0.4) is 0 Å². The van der Waals surface area contributed by atoms with Gasteiger partial charge in [0.05, 0.1) is 12.4 Å². The first-order chi connectivity index (χ1) is 7.25. The summed E-state index contributed by atoms with van der Waals surface area (Å²) in [4.78, 5) is 10.3. The summed E-state index contributed by atoms with van der Waals surface area (Å²) in [6.07, 6.45) is 8.95. The lowest BCUT2D eigenvalue weighted by Gasteiger charge is -2.15. The SMILES string of the molecule is CN(Cc1cnn(C)c1)c1cnccn1. The van der Waals surface area contributed by atoms with Crippen LogP contribution in [0.4, 0.5) is 5.82 Å². The van der Waals surface area contributed by atoms with Crippen molar-refractivity contribution in [2.45, 2.75) is 6.54 Å². The zero-order chi connectivity index (χ0) is 10.7. The molecule has 5 nitrogen and oxygen atoms in total. The maximum atomic E-state index is 4.22. The smallest absolute Gasteiger partial charge is 0.147 e. The van der Waals surface area contributed by atoms with Crippen molar-refractivity contribution in [1.82, 2.24) is 19.7 Å². The molecule has 0 aliphatic heterocycles. The molecule has 0 fully saturated rings. The first-order valence-corrected chi connectivity index (χ1v) is 4.70. The minimum atomic E-state index is 0.784. The van der Waals surface area contributed by atoms with Crippen LogP contribution in [-0.4, -0.2) is 26.8 Å². The fourth-order valence-electron chi connectivity index (χ4n) is 1.40. The lowest BCUT2D eigenvalue weighted by atomic mass is 10.3. The van der Waals surface area contributed by atoms with E-state index in [1.807, 2.05) is 31.4 Å². The summed E-state index contributed by atoms with van der Waals surface area (Å²) in [5.74, 6) is 0.862. The molecule has 0 unspecified atom stereocenters. The summed E-state index contributed by atoms with van der Waals surface area (Å²) in [5, 5.41) is 4.12. The van der Waals surface area contributed by atoms with Crippen molar-refractivity contribution < 1.29 is 0 Å². The van der Waals surface area contributed by atoms with Gasteiger partial charge in [-0.05, 0) is 0 Å². The van der Waals surface area contributed by atoms with Crippen molar-refractivity contribution in [1.29, 1.82) is 0 Å². The first-order valence-electron chi connectivity index (χ1n) is 4.70. The van der Waals surface area contributed by atoms with E-state index in [-0.39, 0.29) is 0 Å². The molecule has 0 atom stereocenters. The molecule has 2 aromatic heterocycles. The molecule has 0 N–H and O–H groups in total. The average Bonchev–Trinajstić information content (AvgIpc) is 2.65. The quantitative estimate of drug-likeness (QED) is 0.741. The number of aromatic nitrogens is 4. The van der Waals surface area contributed by atoms with Crippen molar-refractivity contribution in [2.24, 2.45) is 7.05 Å². The highest BCUT2D eigenvalue weighted by atomic mass is 15.2. The van der Waals surface area contributed by atoms with Crippen LogP contribution in [0.1, 0.15) is 5.56 Å². The van der Waals surface area contributed by atoms with Gasteiger partial charge in [0.2, 0.25) is 0 Å². The molecule has 0 saturated heterocycles. The number of aryl methyl sites for hydroxylation is 1. The molecule has 78 valence electrons. The Hall–Kier alpha value is -1.91. The molecule has 0 spiro atoms. The first kappa shape index (κ1) is 9.64. The Labute approximate surface area is 88.4 Å². The van der Waals surface area contributed by atoms with E-state index >= 15 is 0 Å².